The van der Waals surface area contributed by atoms with Crippen molar-refractivity contribution < 1.29 is 17.6 Å². The molecule has 1 aliphatic heterocycles. The summed E-state index contributed by atoms with van der Waals surface area (Å²) in [6.45, 7) is 3.76. The van der Waals surface area contributed by atoms with Crippen LogP contribution in [0.1, 0.15) is 30.5 Å². The highest BCUT2D eigenvalue weighted by Crippen LogP contribution is 2.34. The van der Waals surface area contributed by atoms with Crippen LogP contribution in [0.15, 0.2) is 23.8 Å². The molecule has 0 saturated carbocycles. The molecule has 21 heavy (non-hydrogen) atoms. The summed E-state index contributed by atoms with van der Waals surface area (Å²) in [6.07, 6.45) is -3.15. The lowest BCUT2D eigenvalue weighted by molar-refractivity contribution is -0.0943. The lowest BCUT2D eigenvalue weighted by atomic mass is 10.0. The number of nitrogens with two attached hydrogens (primary N) is 1. The van der Waals surface area contributed by atoms with Gasteiger partial charge in [-0.25, -0.2) is 4.39 Å². The minimum atomic E-state index is -4.27. The van der Waals surface area contributed by atoms with Crippen LogP contribution in [0.4, 0.5) is 23.2 Å². The molecule has 0 fully saturated rings. The summed E-state index contributed by atoms with van der Waals surface area (Å²) in [7, 11) is 0. The van der Waals surface area contributed by atoms with E-state index in [1.165, 1.54) is 12.1 Å². The van der Waals surface area contributed by atoms with E-state index in [0.29, 0.717) is 16.8 Å². The van der Waals surface area contributed by atoms with Crippen molar-refractivity contribution >= 4 is 5.69 Å². The molecule has 0 aliphatic carbocycles. The molecule has 0 unspecified atom stereocenters. The van der Waals surface area contributed by atoms with Crippen LogP contribution in [0.5, 0.6) is 0 Å². The largest absolute Gasteiger partial charge is 0.412 e. The first-order chi connectivity index (χ1) is 9.70. The summed E-state index contributed by atoms with van der Waals surface area (Å²) in [6, 6.07) is 2.64. The minimum absolute atomic E-state index is 0.0711. The predicted octanol–water partition coefficient (Wildman–Crippen LogP) is 3.85. The third-order valence-electron chi connectivity index (χ3n) is 3.71. The van der Waals surface area contributed by atoms with E-state index in [2.05, 4.69) is 0 Å². The molecular formula is C15H18F4N2. The molecule has 2 nitrogen and oxygen atoms in total. The van der Waals surface area contributed by atoms with Gasteiger partial charge in [-0.3, -0.25) is 0 Å². The molecule has 0 amide bonds. The summed E-state index contributed by atoms with van der Waals surface area (Å²) in [4.78, 5) is 1.81. The Morgan fingerprint density at radius 2 is 1.95 bits per heavy atom. The number of rotatable bonds is 2. The van der Waals surface area contributed by atoms with Crippen LogP contribution in [0.2, 0.25) is 0 Å². The van der Waals surface area contributed by atoms with Gasteiger partial charge in [0.25, 0.3) is 0 Å². The first kappa shape index (κ1) is 15.8. The quantitative estimate of drug-likeness (QED) is 0.664. The molecule has 1 aliphatic rings. The standard InChI is InChI=1S/C15H18F4N2/c1-9-7-14(12(10(2)20)8-13(9)16)21-5-3-11(4-6-21)15(17,18)19/h3,7-8,10H,4-6,20H2,1-2H3/t10-/m1/s1. The second kappa shape index (κ2) is 5.67. The maximum Gasteiger partial charge on any atom is 0.412 e. The summed E-state index contributed by atoms with van der Waals surface area (Å²) in [5.74, 6) is -0.352. The van der Waals surface area contributed by atoms with E-state index in [1.54, 1.807) is 24.8 Å². The first-order valence-corrected chi connectivity index (χ1v) is 6.77. The molecule has 2 rings (SSSR count). The third kappa shape index (κ3) is 3.37. The van der Waals surface area contributed by atoms with Crippen molar-refractivity contribution in [2.24, 2.45) is 5.73 Å². The highest BCUT2D eigenvalue weighted by Gasteiger charge is 2.35. The van der Waals surface area contributed by atoms with Gasteiger partial charge < -0.3 is 10.6 Å². The number of hydrogen-bond donors (Lipinski definition) is 1. The number of alkyl halides is 3. The smallest absolute Gasteiger partial charge is 0.367 e. The highest BCUT2D eigenvalue weighted by atomic mass is 19.4. The van der Waals surface area contributed by atoms with Gasteiger partial charge in [0.15, 0.2) is 0 Å². The lowest BCUT2D eigenvalue weighted by Gasteiger charge is -2.32. The van der Waals surface area contributed by atoms with Crippen LogP contribution < -0.4 is 10.6 Å². The Labute approximate surface area is 121 Å². The third-order valence-corrected chi connectivity index (χ3v) is 3.71. The Bertz CT molecular complexity index is 562. The number of benzene rings is 1. The highest BCUT2D eigenvalue weighted by molar-refractivity contribution is 5.58. The van der Waals surface area contributed by atoms with Crippen molar-refractivity contribution in [2.75, 3.05) is 18.0 Å². The Kier molecular flexibility index (Phi) is 4.27. The van der Waals surface area contributed by atoms with Crippen molar-refractivity contribution in [2.45, 2.75) is 32.5 Å². The van der Waals surface area contributed by atoms with Gasteiger partial charge >= 0.3 is 6.18 Å². The van der Waals surface area contributed by atoms with Gasteiger partial charge in [-0.2, -0.15) is 13.2 Å². The fourth-order valence-corrected chi connectivity index (χ4v) is 2.47. The fourth-order valence-electron chi connectivity index (χ4n) is 2.47. The van der Waals surface area contributed by atoms with Crippen LogP contribution in [0, 0.1) is 12.7 Å². The molecule has 2 N–H and O–H groups in total. The predicted molar refractivity (Wildman–Crippen MR) is 74.7 cm³/mol. The SMILES string of the molecule is Cc1cc(N2CC=C(C(F)(F)F)CC2)c([C@@H](C)N)cc1F. The van der Waals surface area contributed by atoms with Crippen LogP contribution in [0.25, 0.3) is 0 Å². The maximum absolute atomic E-state index is 13.7. The van der Waals surface area contributed by atoms with Gasteiger partial charge in [0, 0.05) is 30.4 Å². The van der Waals surface area contributed by atoms with E-state index in [-0.39, 0.29) is 31.4 Å². The average molecular weight is 302 g/mol. The van der Waals surface area contributed by atoms with Crippen molar-refractivity contribution in [1.82, 2.24) is 0 Å². The lowest BCUT2D eigenvalue weighted by Crippen LogP contribution is -2.33. The number of halogens is 4. The fraction of sp³-hybridized carbons (Fsp3) is 0.467. The van der Waals surface area contributed by atoms with Gasteiger partial charge in [-0.1, -0.05) is 6.08 Å². The summed E-state index contributed by atoms with van der Waals surface area (Å²) < 4.78 is 51.6. The average Bonchev–Trinajstić information content (AvgIpc) is 2.40. The first-order valence-electron chi connectivity index (χ1n) is 6.77. The van der Waals surface area contributed by atoms with Gasteiger partial charge in [0.2, 0.25) is 0 Å². The molecule has 0 radical (unpaired) electrons. The van der Waals surface area contributed by atoms with E-state index in [9.17, 15) is 17.6 Å². The zero-order chi connectivity index (χ0) is 15.8. The zero-order valence-electron chi connectivity index (χ0n) is 12.0. The molecule has 0 saturated heterocycles. The van der Waals surface area contributed by atoms with Gasteiger partial charge in [-0.15, -0.1) is 0 Å². The maximum atomic E-state index is 13.7. The van der Waals surface area contributed by atoms with E-state index >= 15 is 0 Å². The molecule has 1 aromatic carbocycles. The van der Waals surface area contributed by atoms with Gasteiger partial charge in [0.05, 0.1) is 0 Å². The molecule has 0 aromatic heterocycles. The Morgan fingerprint density at radius 1 is 1.29 bits per heavy atom. The van der Waals surface area contributed by atoms with Gasteiger partial charge in [-0.05, 0) is 43.5 Å². The Hall–Kier alpha value is -1.56. The second-order valence-corrected chi connectivity index (χ2v) is 5.37. The van der Waals surface area contributed by atoms with Crippen LogP contribution in [0.3, 0.4) is 0 Å². The normalized spacial score (nSPS) is 17.7. The van der Waals surface area contributed by atoms with Crippen LogP contribution >= 0.6 is 0 Å². The Balaban J connectivity index is 2.32. The molecule has 6 heteroatoms. The topological polar surface area (TPSA) is 29.3 Å². The van der Waals surface area contributed by atoms with E-state index in [1.807, 2.05) is 0 Å². The number of anilines is 1. The van der Waals surface area contributed by atoms with E-state index in [0.717, 1.165) is 0 Å². The molecule has 1 atom stereocenters. The summed E-state index contributed by atoms with van der Waals surface area (Å²) in [5, 5.41) is 0. The molecule has 0 bridgehead atoms. The minimum Gasteiger partial charge on any atom is -0.367 e. The van der Waals surface area contributed by atoms with Crippen molar-refractivity contribution in [3.05, 3.63) is 40.7 Å². The monoisotopic (exact) mass is 302 g/mol. The molecule has 1 heterocycles. The number of aryl methyl sites for hydroxylation is 1. The molecule has 0 spiro atoms. The second-order valence-electron chi connectivity index (χ2n) is 5.37. The van der Waals surface area contributed by atoms with E-state index < -0.39 is 11.7 Å². The van der Waals surface area contributed by atoms with Crippen molar-refractivity contribution in [3.63, 3.8) is 0 Å². The molecular weight excluding hydrogens is 284 g/mol. The summed E-state index contributed by atoms with van der Waals surface area (Å²) >= 11 is 0. The number of hydrogen-bond acceptors (Lipinski definition) is 2. The molecule has 1 aromatic rings. The van der Waals surface area contributed by atoms with Crippen molar-refractivity contribution in [3.8, 4) is 0 Å². The van der Waals surface area contributed by atoms with E-state index in [4.69, 9.17) is 5.73 Å². The summed E-state index contributed by atoms with van der Waals surface area (Å²) in [5.41, 5.74) is 7.13. The van der Waals surface area contributed by atoms with Gasteiger partial charge in [0.1, 0.15) is 5.82 Å². The molecule has 116 valence electrons. The van der Waals surface area contributed by atoms with Crippen LogP contribution in [-0.2, 0) is 0 Å². The Morgan fingerprint density at radius 3 is 2.43 bits per heavy atom. The van der Waals surface area contributed by atoms with Crippen molar-refractivity contribution in [1.29, 1.82) is 0 Å². The van der Waals surface area contributed by atoms with Crippen LogP contribution in [-0.4, -0.2) is 19.3 Å². The number of nitrogens with zero attached hydrogens (tertiary/aromatic N) is 1. The zero-order valence-corrected chi connectivity index (χ0v) is 12.0.